The van der Waals surface area contributed by atoms with Gasteiger partial charge in [-0.2, -0.15) is 13.2 Å². The number of rotatable bonds is 4. The smallest absolute Gasteiger partial charge is 0.383 e. The van der Waals surface area contributed by atoms with E-state index in [0.717, 1.165) is 6.07 Å². The van der Waals surface area contributed by atoms with Gasteiger partial charge in [0.1, 0.15) is 5.82 Å². The summed E-state index contributed by atoms with van der Waals surface area (Å²) in [6.45, 7) is 0.107. The topological polar surface area (TPSA) is 12.0 Å². The van der Waals surface area contributed by atoms with Gasteiger partial charge in [-0.05, 0) is 30.0 Å². The lowest BCUT2D eigenvalue weighted by molar-refractivity contribution is -0.0327. The molecule has 0 aliphatic rings. The number of halogens is 5. The fourth-order valence-electron chi connectivity index (χ4n) is 0.985. The van der Waals surface area contributed by atoms with Gasteiger partial charge in [0.25, 0.3) is 0 Å². The minimum Gasteiger partial charge on any atom is -0.383 e. The molecule has 1 aromatic rings. The van der Waals surface area contributed by atoms with Crippen molar-refractivity contribution in [3.05, 3.63) is 29.0 Å². The molecule has 0 unspecified atom stereocenters. The average Bonchev–Trinajstić information content (AvgIpc) is 2.13. The number of thioether (sulfide) groups is 1. The van der Waals surface area contributed by atoms with E-state index in [4.69, 9.17) is 11.6 Å². The maximum absolute atomic E-state index is 12.6. The van der Waals surface area contributed by atoms with Crippen molar-refractivity contribution < 1.29 is 17.6 Å². The maximum atomic E-state index is 12.6. The second-order valence-electron chi connectivity index (χ2n) is 2.85. The highest BCUT2D eigenvalue weighted by atomic mass is 35.5. The number of anilines is 1. The van der Waals surface area contributed by atoms with Gasteiger partial charge >= 0.3 is 5.51 Å². The summed E-state index contributed by atoms with van der Waals surface area (Å²) in [5, 5.41) is 2.84. The van der Waals surface area contributed by atoms with Gasteiger partial charge in [0.15, 0.2) is 0 Å². The average molecular weight is 274 g/mol. The van der Waals surface area contributed by atoms with Crippen molar-refractivity contribution in [1.82, 2.24) is 0 Å². The van der Waals surface area contributed by atoms with Crippen molar-refractivity contribution in [2.45, 2.75) is 5.51 Å². The number of benzene rings is 1. The lowest BCUT2D eigenvalue weighted by Gasteiger charge is -2.09. The second-order valence-corrected chi connectivity index (χ2v) is 4.41. The van der Waals surface area contributed by atoms with E-state index in [1.54, 1.807) is 0 Å². The molecule has 0 heterocycles. The molecule has 1 aromatic carbocycles. The maximum Gasteiger partial charge on any atom is 0.441 e. The van der Waals surface area contributed by atoms with Crippen LogP contribution in [0, 0.1) is 5.82 Å². The molecule has 0 aromatic heterocycles. The Morgan fingerprint density at radius 3 is 2.56 bits per heavy atom. The number of alkyl halides is 3. The van der Waals surface area contributed by atoms with Crippen LogP contribution in [-0.2, 0) is 0 Å². The van der Waals surface area contributed by atoms with Crippen LogP contribution >= 0.6 is 23.4 Å². The van der Waals surface area contributed by atoms with Crippen molar-refractivity contribution in [3.63, 3.8) is 0 Å². The first-order valence-electron chi connectivity index (χ1n) is 4.28. The van der Waals surface area contributed by atoms with Gasteiger partial charge in [0.05, 0.1) is 10.7 Å². The zero-order chi connectivity index (χ0) is 12.2. The lowest BCUT2D eigenvalue weighted by Crippen LogP contribution is -2.09. The summed E-state index contributed by atoms with van der Waals surface area (Å²) < 4.78 is 47.9. The third-order valence-electron chi connectivity index (χ3n) is 1.61. The molecule has 0 saturated heterocycles. The van der Waals surface area contributed by atoms with Crippen molar-refractivity contribution in [2.75, 3.05) is 17.6 Å². The Morgan fingerprint density at radius 1 is 1.31 bits per heavy atom. The molecule has 0 fully saturated rings. The van der Waals surface area contributed by atoms with E-state index in [1.807, 2.05) is 0 Å². The van der Waals surface area contributed by atoms with Crippen LogP contribution in [0.25, 0.3) is 0 Å². The highest BCUT2D eigenvalue weighted by molar-refractivity contribution is 8.00. The molecule has 0 radical (unpaired) electrons. The molecule has 1 N–H and O–H groups in total. The van der Waals surface area contributed by atoms with Gasteiger partial charge in [0.2, 0.25) is 0 Å². The van der Waals surface area contributed by atoms with Crippen LogP contribution in [0.4, 0.5) is 23.2 Å². The van der Waals surface area contributed by atoms with Gasteiger partial charge in [0, 0.05) is 12.3 Å². The van der Waals surface area contributed by atoms with Crippen LogP contribution in [0.3, 0.4) is 0 Å². The van der Waals surface area contributed by atoms with Crippen molar-refractivity contribution >= 4 is 29.1 Å². The van der Waals surface area contributed by atoms with Gasteiger partial charge in [-0.1, -0.05) is 11.6 Å². The Balaban J connectivity index is 2.38. The van der Waals surface area contributed by atoms with Crippen molar-refractivity contribution in [2.24, 2.45) is 0 Å². The second kappa shape index (κ2) is 5.63. The van der Waals surface area contributed by atoms with Crippen LogP contribution in [0.2, 0.25) is 5.02 Å². The first-order valence-corrected chi connectivity index (χ1v) is 5.64. The highest BCUT2D eigenvalue weighted by Gasteiger charge is 2.27. The molecule has 0 spiro atoms. The SMILES string of the molecule is Fc1ccc(NCCSC(F)(F)F)c(Cl)c1. The summed E-state index contributed by atoms with van der Waals surface area (Å²) >= 11 is 5.55. The molecule has 1 nitrogen and oxygen atoms in total. The molecule has 1 rings (SSSR count). The lowest BCUT2D eigenvalue weighted by atomic mass is 10.3. The van der Waals surface area contributed by atoms with E-state index in [2.05, 4.69) is 5.32 Å². The fraction of sp³-hybridized carbons (Fsp3) is 0.333. The zero-order valence-corrected chi connectivity index (χ0v) is 9.52. The number of hydrogen-bond acceptors (Lipinski definition) is 2. The molecule has 0 aliphatic heterocycles. The number of nitrogens with one attached hydrogen (secondary N) is 1. The molecular weight excluding hydrogens is 266 g/mol. The monoisotopic (exact) mass is 273 g/mol. The van der Waals surface area contributed by atoms with Crippen molar-refractivity contribution in [3.8, 4) is 0 Å². The minimum atomic E-state index is -4.23. The third-order valence-corrected chi connectivity index (χ3v) is 2.66. The molecule has 7 heteroatoms. The predicted octanol–water partition coefficient (Wildman–Crippen LogP) is 4.14. The van der Waals surface area contributed by atoms with Crippen LogP contribution in [-0.4, -0.2) is 17.8 Å². The molecule has 0 amide bonds. The van der Waals surface area contributed by atoms with Gasteiger partial charge in [-0.3, -0.25) is 0 Å². The molecule has 0 bridgehead atoms. The van der Waals surface area contributed by atoms with E-state index >= 15 is 0 Å². The van der Waals surface area contributed by atoms with Crippen molar-refractivity contribution in [1.29, 1.82) is 0 Å². The van der Waals surface area contributed by atoms with Crippen LogP contribution in [0.15, 0.2) is 18.2 Å². The zero-order valence-electron chi connectivity index (χ0n) is 7.94. The van der Waals surface area contributed by atoms with Gasteiger partial charge in [-0.15, -0.1) is 0 Å². The van der Waals surface area contributed by atoms with Crippen LogP contribution < -0.4 is 5.32 Å². The molecule has 0 atom stereocenters. The highest BCUT2D eigenvalue weighted by Crippen LogP contribution is 2.30. The summed E-state index contributed by atoms with van der Waals surface area (Å²) in [7, 11) is 0. The van der Waals surface area contributed by atoms with E-state index in [9.17, 15) is 17.6 Å². The quantitative estimate of drug-likeness (QED) is 0.653. The van der Waals surface area contributed by atoms with E-state index < -0.39 is 11.3 Å². The van der Waals surface area contributed by atoms with E-state index in [1.165, 1.54) is 12.1 Å². The van der Waals surface area contributed by atoms with E-state index in [0.29, 0.717) is 5.69 Å². The molecule has 90 valence electrons. The summed E-state index contributed by atoms with van der Waals surface area (Å²) in [5.74, 6) is -0.614. The summed E-state index contributed by atoms with van der Waals surface area (Å²) in [5.41, 5.74) is -3.81. The largest absolute Gasteiger partial charge is 0.441 e. The summed E-state index contributed by atoms with van der Waals surface area (Å²) in [4.78, 5) is 0. The van der Waals surface area contributed by atoms with Gasteiger partial charge in [-0.25, -0.2) is 4.39 Å². The minimum absolute atomic E-state index is 0.107. The Bertz CT molecular complexity index is 356. The molecular formula is C9H8ClF4NS. The Kier molecular flexibility index (Phi) is 4.73. The number of hydrogen-bond donors (Lipinski definition) is 1. The molecule has 0 saturated carbocycles. The predicted molar refractivity (Wildman–Crippen MR) is 58.4 cm³/mol. The molecule has 16 heavy (non-hydrogen) atoms. The third kappa shape index (κ3) is 4.94. The standard InChI is InChI=1S/C9H8ClF4NS/c10-7-5-6(11)1-2-8(7)15-3-4-16-9(12,13)14/h1-2,5,15H,3-4H2. The normalized spacial score (nSPS) is 11.6. The summed E-state index contributed by atoms with van der Waals surface area (Å²) in [6.07, 6.45) is 0. The fourth-order valence-corrected chi connectivity index (χ4v) is 1.65. The first kappa shape index (κ1) is 13.4. The van der Waals surface area contributed by atoms with Crippen LogP contribution in [0.1, 0.15) is 0 Å². The Hall–Kier alpha value is -0.620. The Morgan fingerprint density at radius 2 is 2.00 bits per heavy atom. The van der Waals surface area contributed by atoms with Crippen LogP contribution in [0.5, 0.6) is 0 Å². The molecule has 0 aliphatic carbocycles. The van der Waals surface area contributed by atoms with Gasteiger partial charge < -0.3 is 5.32 Å². The Labute approximate surface area is 99.2 Å². The van der Waals surface area contributed by atoms with E-state index in [-0.39, 0.29) is 29.1 Å². The summed E-state index contributed by atoms with van der Waals surface area (Å²) in [6, 6.07) is 3.67. The first-order chi connectivity index (χ1) is 7.38.